The molecule has 1 heterocycles. The van der Waals surface area contributed by atoms with Gasteiger partial charge >= 0.3 is 5.97 Å². The van der Waals surface area contributed by atoms with Crippen molar-refractivity contribution in [1.82, 2.24) is 25.1 Å². The maximum absolute atomic E-state index is 10.9. The minimum atomic E-state index is -0.406. The summed E-state index contributed by atoms with van der Waals surface area (Å²) in [6.45, 7) is 1.96. The van der Waals surface area contributed by atoms with Crippen LogP contribution < -0.4 is 0 Å². The highest BCUT2D eigenvalue weighted by molar-refractivity contribution is 7.99. The zero-order valence-corrected chi connectivity index (χ0v) is 10.3. The Hall–Kier alpha value is -1.15. The molecule has 0 aliphatic rings. The average molecular weight is 244 g/mol. The molecule has 1 unspecified atom stereocenters. The summed E-state index contributed by atoms with van der Waals surface area (Å²) >= 11 is 1.22. The highest BCUT2D eigenvalue weighted by atomic mass is 32.2. The standard InChI is InChI=1S/C8H14N5O2S/c1-6(12(2)3)13-8(9-10-11-13)16-5-7(14)15-4/h6H,4-5H2,1-3H3. The van der Waals surface area contributed by atoms with Crippen molar-refractivity contribution in [2.75, 3.05) is 19.8 Å². The SMILES string of the molecule is [CH2]OC(=O)CSc1nnnn1C(C)N(C)C. The molecule has 0 saturated heterocycles. The number of hydrogen-bond acceptors (Lipinski definition) is 7. The van der Waals surface area contributed by atoms with Gasteiger partial charge in [-0.05, 0) is 31.4 Å². The number of rotatable bonds is 5. The second kappa shape index (κ2) is 5.80. The van der Waals surface area contributed by atoms with E-state index >= 15 is 0 Å². The summed E-state index contributed by atoms with van der Waals surface area (Å²) in [7, 11) is 6.89. The summed E-state index contributed by atoms with van der Waals surface area (Å²) in [4.78, 5) is 12.9. The third-order valence-electron chi connectivity index (χ3n) is 2.04. The van der Waals surface area contributed by atoms with Crippen LogP contribution in [0.2, 0.25) is 0 Å². The van der Waals surface area contributed by atoms with Crippen LogP contribution in [0.25, 0.3) is 0 Å². The van der Waals surface area contributed by atoms with Crippen molar-refractivity contribution < 1.29 is 9.53 Å². The van der Waals surface area contributed by atoms with Gasteiger partial charge in [-0.15, -0.1) is 5.10 Å². The van der Waals surface area contributed by atoms with Crippen LogP contribution in [0.3, 0.4) is 0 Å². The lowest BCUT2D eigenvalue weighted by molar-refractivity contribution is -0.135. The first kappa shape index (κ1) is 12.9. The highest BCUT2D eigenvalue weighted by Crippen LogP contribution is 2.18. The van der Waals surface area contributed by atoms with Gasteiger partial charge in [-0.2, -0.15) is 0 Å². The van der Waals surface area contributed by atoms with Crippen LogP contribution in [0.5, 0.6) is 0 Å². The zero-order chi connectivity index (χ0) is 12.1. The maximum atomic E-state index is 10.9. The van der Waals surface area contributed by atoms with Crippen molar-refractivity contribution in [3.05, 3.63) is 7.11 Å². The smallest absolute Gasteiger partial charge is 0.316 e. The third-order valence-corrected chi connectivity index (χ3v) is 2.95. The zero-order valence-electron chi connectivity index (χ0n) is 9.45. The first-order valence-corrected chi connectivity index (χ1v) is 5.56. The molecule has 7 nitrogen and oxygen atoms in total. The predicted octanol–water partition coefficient (Wildman–Crippen LogP) is 0.180. The van der Waals surface area contributed by atoms with Gasteiger partial charge in [0.25, 0.3) is 0 Å². The van der Waals surface area contributed by atoms with Crippen molar-refractivity contribution in [3.8, 4) is 0 Å². The molecule has 0 aromatic carbocycles. The van der Waals surface area contributed by atoms with Gasteiger partial charge < -0.3 is 4.74 Å². The van der Waals surface area contributed by atoms with Crippen LogP contribution in [-0.2, 0) is 9.53 Å². The minimum absolute atomic E-state index is 0.0215. The molecule has 0 aliphatic carbocycles. The first-order chi connectivity index (χ1) is 7.56. The molecule has 0 amide bonds. The Morgan fingerprint density at radius 3 is 2.94 bits per heavy atom. The van der Waals surface area contributed by atoms with E-state index in [1.165, 1.54) is 11.8 Å². The van der Waals surface area contributed by atoms with E-state index in [9.17, 15) is 4.79 Å². The molecule has 1 atom stereocenters. The second-order valence-corrected chi connectivity index (χ2v) is 4.25. The number of thioether (sulfide) groups is 1. The van der Waals surface area contributed by atoms with Gasteiger partial charge in [0, 0.05) is 0 Å². The van der Waals surface area contributed by atoms with Gasteiger partial charge in [-0.1, -0.05) is 11.8 Å². The van der Waals surface area contributed by atoms with Gasteiger partial charge in [0.1, 0.15) is 13.3 Å². The summed E-state index contributed by atoms with van der Waals surface area (Å²) in [5.41, 5.74) is 0. The fourth-order valence-electron chi connectivity index (χ4n) is 0.899. The molecule has 0 saturated carbocycles. The summed E-state index contributed by atoms with van der Waals surface area (Å²) < 4.78 is 5.94. The number of aromatic nitrogens is 4. The average Bonchev–Trinajstić information content (AvgIpc) is 2.72. The van der Waals surface area contributed by atoms with E-state index in [1.54, 1.807) is 4.68 Å². The van der Waals surface area contributed by atoms with Crippen molar-refractivity contribution in [2.45, 2.75) is 18.2 Å². The summed E-state index contributed by atoms with van der Waals surface area (Å²) in [6.07, 6.45) is 0.0215. The minimum Gasteiger partial charge on any atom is -0.461 e. The molecule has 16 heavy (non-hydrogen) atoms. The Balaban J connectivity index is 2.67. The third kappa shape index (κ3) is 3.17. The Morgan fingerprint density at radius 1 is 1.69 bits per heavy atom. The molecule has 0 aliphatic heterocycles. The van der Waals surface area contributed by atoms with Crippen molar-refractivity contribution >= 4 is 17.7 Å². The first-order valence-electron chi connectivity index (χ1n) is 4.58. The van der Waals surface area contributed by atoms with E-state index in [-0.39, 0.29) is 11.9 Å². The quantitative estimate of drug-likeness (QED) is 0.540. The molecular weight excluding hydrogens is 230 g/mol. The molecule has 0 N–H and O–H groups in total. The van der Waals surface area contributed by atoms with Gasteiger partial charge in [-0.25, -0.2) is 4.68 Å². The maximum Gasteiger partial charge on any atom is 0.316 e. The number of hydrogen-bond donors (Lipinski definition) is 0. The second-order valence-electron chi connectivity index (χ2n) is 3.31. The molecular formula is C8H14N5O2S. The number of nitrogens with zero attached hydrogens (tertiary/aromatic N) is 5. The van der Waals surface area contributed by atoms with E-state index in [0.717, 1.165) is 0 Å². The number of carbonyl (C=O) groups excluding carboxylic acids is 1. The Morgan fingerprint density at radius 2 is 2.38 bits per heavy atom. The Bertz CT molecular complexity index is 354. The summed E-state index contributed by atoms with van der Waals surface area (Å²) in [5, 5.41) is 11.9. The molecule has 0 fully saturated rings. The van der Waals surface area contributed by atoms with E-state index in [4.69, 9.17) is 0 Å². The lowest BCUT2D eigenvalue weighted by Gasteiger charge is -2.19. The van der Waals surface area contributed by atoms with Gasteiger partial charge in [0.15, 0.2) is 0 Å². The summed E-state index contributed by atoms with van der Waals surface area (Å²) in [5.74, 6) is -0.263. The Labute approximate surface area is 98.1 Å². The van der Waals surface area contributed by atoms with Crippen LogP contribution in [0.1, 0.15) is 13.1 Å². The number of ether oxygens (including phenoxy) is 1. The largest absolute Gasteiger partial charge is 0.461 e. The predicted molar refractivity (Wildman–Crippen MR) is 58.4 cm³/mol. The number of carbonyl (C=O) groups is 1. The van der Waals surface area contributed by atoms with Crippen molar-refractivity contribution in [2.24, 2.45) is 0 Å². The van der Waals surface area contributed by atoms with Crippen LogP contribution in [0.15, 0.2) is 5.16 Å². The van der Waals surface area contributed by atoms with Crippen LogP contribution in [-0.4, -0.2) is 50.9 Å². The fourth-order valence-corrected chi connectivity index (χ4v) is 1.64. The van der Waals surface area contributed by atoms with Crippen LogP contribution >= 0.6 is 11.8 Å². The molecule has 0 spiro atoms. The lowest BCUT2D eigenvalue weighted by Crippen LogP contribution is -2.24. The Kier molecular flexibility index (Phi) is 4.69. The van der Waals surface area contributed by atoms with E-state index in [2.05, 4.69) is 27.4 Å². The van der Waals surface area contributed by atoms with E-state index < -0.39 is 5.97 Å². The lowest BCUT2D eigenvalue weighted by atomic mass is 10.5. The molecule has 1 rings (SSSR count). The van der Waals surface area contributed by atoms with Crippen molar-refractivity contribution in [1.29, 1.82) is 0 Å². The molecule has 0 bridgehead atoms. The molecule has 1 radical (unpaired) electrons. The molecule has 1 aromatic heterocycles. The number of tetrazole rings is 1. The van der Waals surface area contributed by atoms with E-state index in [0.29, 0.717) is 5.16 Å². The highest BCUT2D eigenvalue weighted by Gasteiger charge is 2.16. The van der Waals surface area contributed by atoms with Gasteiger partial charge in [0.05, 0.1) is 5.75 Å². The number of esters is 1. The summed E-state index contributed by atoms with van der Waals surface area (Å²) in [6, 6.07) is 0. The van der Waals surface area contributed by atoms with Gasteiger partial charge in [-0.3, -0.25) is 9.69 Å². The molecule has 8 heteroatoms. The fraction of sp³-hybridized carbons (Fsp3) is 0.625. The van der Waals surface area contributed by atoms with Crippen LogP contribution in [0, 0.1) is 7.11 Å². The normalized spacial score (nSPS) is 12.8. The van der Waals surface area contributed by atoms with Crippen molar-refractivity contribution in [3.63, 3.8) is 0 Å². The van der Waals surface area contributed by atoms with E-state index in [1.807, 2.05) is 25.9 Å². The van der Waals surface area contributed by atoms with Gasteiger partial charge in [0.2, 0.25) is 5.16 Å². The van der Waals surface area contributed by atoms with Crippen LogP contribution in [0.4, 0.5) is 0 Å². The monoisotopic (exact) mass is 244 g/mol. The molecule has 1 aromatic rings. The molecule has 89 valence electrons. The topological polar surface area (TPSA) is 73.1 Å².